The SMILES string of the molecule is CC1CCN(C(=O)CC2C(=O)NCCN2CC(C)(C)C)CC1. The van der Waals surface area contributed by atoms with Crippen LogP contribution in [-0.4, -0.2) is 60.4 Å². The number of carbonyl (C=O) groups is 2. The summed E-state index contributed by atoms with van der Waals surface area (Å²) < 4.78 is 0. The Hall–Kier alpha value is -1.10. The van der Waals surface area contributed by atoms with E-state index in [4.69, 9.17) is 0 Å². The van der Waals surface area contributed by atoms with Crippen LogP contribution in [0, 0.1) is 11.3 Å². The van der Waals surface area contributed by atoms with Gasteiger partial charge < -0.3 is 10.2 Å². The second-order valence-corrected chi connectivity index (χ2v) is 8.11. The van der Waals surface area contributed by atoms with E-state index in [1.165, 1.54) is 0 Å². The van der Waals surface area contributed by atoms with Gasteiger partial charge in [0.05, 0.1) is 12.5 Å². The van der Waals surface area contributed by atoms with Gasteiger partial charge in [0.2, 0.25) is 11.8 Å². The maximum Gasteiger partial charge on any atom is 0.237 e. The Morgan fingerprint density at radius 1 is 1.23 bits per heavy atom. The van der Waals surface area contributed by atoms with Gasteiger partial charge in [0, 0.05) is 32.7 Å². The minimum absolute atomic E-state index is 0.00854. The van der Waals surface area contributed by atoms with Crippen LogP contribution in [0.1, 0.15) is 47.0 Å². The second kappa shape index (κ2) is 6.99. The van der Waals surface area contributed by atoms with Crippen molar-refractivity contribution in [3.63, 3.8) is 0 Å². The molecule has 2 amide bonds. The largest absolute Gasteiger partial charge is 0.353 e. The van der Waals surface area contributed by atoms with Crippen LogP contribution in [-0.2, 0) is 9.59 Å². The fourth-order valence-corrected chi connectivity index (χ4v) is 3.33. The molecule has 0 aromatic heterocycles. The molecule has 0 aromatic rings. The van der Waals surface area contributed by atoms with E-state index in [-0.39, 0.29) is 23.3 Å². The van der Waals surface area contributed by atoms with E-state index >= 15 is 0 Å². The molecule has 1 unspecified atom stereocenters. The summed E-state index contributed by atoms with van der Waals surface area (Å²) in [5, 5.41) is 2.91. The molecule has 0 radical (unpaired) electrons. The molecule has 0 aliphatic carbocycles. The highest BCUT2D eigenvalue weighted by molar-refractivity contribution is 5.88. The van der Waals surface area contributed by atoms with E-state index in [0.717, 1.165) is 39.0 Å². The van der Waals surface area contributed by atoms with Gasteiger partial charge >= 0.3 is 0 Å². The smallest absolute Gasteiger partial charge is 0.237 e. The lowest BCUT2D eigenvalue weighted by Gasteiger charge is -2.39. The number of nitrogens with one attached hydrogen (secondary N) is 1. The van der Waals surface area contributed by atoms with Gasteiger partial charge in [-0.3, -0.25) is 14.5 Å². The van der Waals surface area contributed by atoms with E-state index in [0.29, 0.717) is 18.9 Å². The first kappa shape index (κ1) is 17.3. The summed E-state index contributed by atoms with van der Waals surface area (Å²) in [6.07, 6.45) is 2.47. The molecule has 0 aromatic carbocycles. The van der Waals surface area contributed by atoms with Gasteiger partial charge in [-0.15, -0.1) is 0 Å². The van der Waals surface area contributed by atoms with E-state index in [2.05, 4.69) is 37.9 Å². The summed E-state index contributed by atoms with van der Waals surface area (Å²) in [7, 11) is 0. The van der Waals surface area contributed by atoms with Crippen LogP contribution in [0.3, 0.4) is 0 Å². The summed E-state index contributed by atoms with van der Waals surface area (Å²) >= 11 is 0. The molecule has 0 bridgehead atoms. The Bertz CT molecular complexity index is 409. The first-order chi connectivity index (χ1) is 10.3. The Kier molecular flexibility index (Phi) is 5.48. The molecule has 2 heterocycles. The number of nitrogens with zero attached hydrogens (tertiary/aromatic N) is 2. The van der Waals surface area contributed by atoms with Crippen molar-refractivity contribution in [2.24, 2.45) is 11.3 Å². The molecular weight excluding hydrogens is 278 g/mol. The highest BCUT2D eigenvalue weighted by atomic mass is 16.2. The topological polar surface area (TPSA) is 52.7 Å². The van der Waals surface area contributed by atoms with Gasteiger partial charge in [-0.05, 0) is 24.2 Å². The first-order valence-corrected chi connectivity index (χ1v) is 8.56. The van der Waals surface area contributed by atoms with E-state index in [9.17, 15) is 9.59 Å². The van der Waals surface area contributed by atoms with Crippen LogP contribution < -0.4 is 5.32 Å². The highest BCUT2D eigenvalue weighted by Crippen LogP contribution is 2.22. The lowest BCUT2D eigenvalue weighted by Crippen LogP contribution is -2.58. The standard InChI is InChI=1S/C17H31N3O2/c1-13-5-8-19(9-6-13)15(21)11-14-16(22)18-7-10-20(14)12-17(2,3)4/h13-14H,5-12H2,1-4H3,(H,18,22). The Balaban J connectivity index is 1.97. The number of amides is 2. The third kappa shape index (κ3) is 4.70. The fraction of sp³-hybridized carbons (Fsp3) is 0.882. The van der Waals surface area contributed by atoms with Crippen molar-refractivity contribution in [2.45, 2.75) is 53.0 Å². The molecule has 5 heteroatoms. The van der Waals surface area contributed by atoms with Gasteiger partial charge in [-0.2, -0.15) is 0 Å². The van der Waals surface area contributed by atoms with Crippen LogP contribution in [0.4, 0.5) is 0 Å². The lowest BCUT2D eigenvalue weighted by molar-refractivity contribution is -0.140. The highest BCUT2D eigenvalue weighted by Gasteiger charge is 2.35. The van der Waals surface area contributed by atoms with Crippen LogP contribution >= 0.6 is 0 Å². The van der Waals surface area contributed by atoms with E-state index in [1.807, 2.05) is 4.90 Å². The van der Waals surface area contributed by atoms with E-state index < -0.39 is 0 Å². The molecule has 0 spiro atoms. The molecule has 1 atom stereocenters. The predicted molar refractivity (Wildman–Crippen MR) is 87.4 cm³/mol. The van der Waals surface area contributed by atoms with Crippen molar-refractivity contribution < 1.29 is 9.59 Å². The molecular formula is C17H31N3O2. The van der Waals surface area contributed by atoms with Crippen LogP contribution in [0.25, 0.3) is 0 Å². The molecule has 126 valence electrons. The van der Waals surface area contributed by atoms with Crippen molar-refractivity contribution >= 4 is 11.8 Å². The Labute approximate surface area is 134 Å². The molecule has 2 aliphatic heterocycles. The van der Waals surface area contributed by atoms with Gasteiger partial charge in [0.1, 0.15) is 0 Å². The number of hydrogen-bond donors (Lipinski definition) is 1. The summed E-state index contributed by atoms with van der Waals surface area (Å²) in [5.74, 6) is 0.849. The summed E-state index contributed by atoms with van der Waals surface area (Å²) in [6.45, 7) is 12.8. The lowest BCUT2D eigenvalue weighted by atomic mass is 9.93. The fourth-order valence-electron chi connectivity index (χ4n) is 3.33. The zero-order valence-electron chi connectivity index (χ0n) is 14.5. The van der Waals surface area contributed by atoms with Gasteiger partial charge in [-0.25, -0.2) is 0 Å². The minimum Gasteiger partial charge on any atom is -0.353 e. The Morgan fingerprint density at radius 2 is 1.86 bits per heavy atom. The van der Waals surface area contributed by atoms with Crippen molar-refractivity contribution in [2.75, 3.05) is 32.7 Å². The predicted octanol–water partition coefficient (Wildman–Crippen LogP) is 1.48. The third-order valence-electron chi connectivity index (χ3n) is 4.62. The van der Waals surface area contributed by atoms with Crippen molar-refractivity contribution in [3.8, 4) is 0 Å². The molecule has 2 rings (SSSR count). The average molecular weight is 309 g/mol. The molecule has 22 heavy (non-hydrogen) atoms. The van der Waals surface area contributed by atoms with Gasteiger partial charge in [0.15, 0.2) is 0 Å². The number of hydrogen-bond acceptors (Lipinski definition) is 3. The van der Waals surface area contributed by atoms with Crippen LogP contribution in [0.15, 0.2) is 0 Å². The first-order valence-electron chi connectivity index (χ1n) is 8.56. The quantitative estimate of drug-likeness (QED) is 0.859. The van der Waals surface area contributed by atoms with E-state index in [1.54, 1.807) is 0 Å². The number of likely N-dealkylation sites (tertiary alicyclic amines) is 1. The molecule has 1 N–H and O–H groups in total. The average Bonchev–Trinajstić information content (AvgIpc) is 2.41. The number of piperazine rings is 1. The molecule has 5 nitrogen and oxygen atoms in total. The van der Waals surface area contributed by atoms with Gasteiger partial charge in [0.25, 0.3) is 0 Å². The minimum atomic E-state index is -0.306. The second-order valence-electron chi connectivity index (χ2n) is 8.11. The van der Waals surface area contributed by atoms with Crippen molar-refractivity contribution in [3.05, 3.63) is 0 Å². The monoisotopic (exact) mass is 309 g/mol. The van der Waals surface area contributed by atoms with Gasteiger partial charge in [-0.1, -0.05) is 27.7 Å². The summed E-state index contributed by atoms with van der Waals surface area (Å²) in [5.41, 5.74) is 0.124. The number of piperidine rings is 1. The molecule has 0 saturated carbocycles. The number of rotatable bonds is 3. The molecule has 2 saturated heterocycles. The normalized spacial score (nSPS) is 25.2. The maximum atomic E-state index is 12.5. The molecule has 2 fully saturated rings. The van der Waals surface area contributed by atoms with Crippen LogP contribution in [0.5, 0.6) is 0 Å². The molecule has 2 aliphatic rings. The third-order valence-corrected chi connectivity index (χ3v) is 4.62. The van der Waals surface area contributed by atoms with Crippen molar-refractivity contribution in [1.29, 1.82) is 0 Å². The summed E-state index contributed by atoms with van der Waals surface area (Å²) in [4.78, 5) is 28.9. The number of carbonyl (C=O) groups excluding carboxylic acids is 2. The van der Waals surface area contributed by atoms with Crippen molar-refractivity contribution in [1.82, 2.24) is 15.1 Å². The zero-order valence-corrected chi connectivity index (χ0v) is 14.5. The Morgan fingerprint density at radius 3 is 2.45 bits per heavy atom. The maximum absolute atomic E-state index is 12.5. The summed E-state index contributed by atoms with van der Waals surface area (Å²) in [6, 6.07) is -0.306. The zero-order chi connectivity index (χ0) is 16.3. The van der Waals surface area contributed by atoms with Crippen LogP contribution in [0.2, 0.25) is 0 Å².